The Bertz CT molecular complexity index is 1440. The lowest BCUT2D eigenvalue weighted by atomic mass is 9.88. The summed E-state index contributed by atoms with van der Waals surface area (Å²) in [6.07, 6.45) is 5.65. The standard InChI is InChI=1S/C29H33N5O8/c1-17(35)30-18-2-4-20(5-3-18)33-12-10-19(11-13-33)31-29(38)24-16-27(42-32-24)28-25(37)14-22(36)15-26(28)41-23-8-6-21(7-9-23)34(39)40/h6-9,14-16,18-20,36-37H,2-5,10-13H2,1H3,(H,30,35)(H,31,38)/t18-,20-. The van der Waals surface area contributed by atoms with Gasteiger partial charge in [-0.3, -0.25) is 19.7 Å². The van der Waals surface area contributed by atoms with Gasteiger partial charge in [-0.25, -0.2) is 0 Å². The molecule has 13 nitrogen and oxygen atoms in total. The van der Waals surface area contributed by atoms with Crippen LogP contribution in [0.4, 0.5) is 5.69 Å². The van der Waals surface area contributed by atoms with Gasteiger partial charge in [-0.05, 0) is 50.7 Å². The first-order valence-corrected chi connectivity index (χ1v) is 13.9. The zero-order valence-electron chi connectivity index (χ0n) is 23.1. The second kappa shape index (κ2) is 12.5. The van der Waals surface area contributed by atoms with E-state index >= 15 is 0 Å². The number of phenols is 2. The molecule has 0 bridgehead atoms. The molecule has 1 aliphatic carbocycles. The Kier molecular flexibility index (Phi) is 8.57. The summed E-state index contributed by atoms with van der Waals surface area (Å²) < 4.78 is 11.2. The molecule has 4 N–H and O–H groups in total. The van der Waals surface area contributed by atoms with Crippen LogP contribution in [0.3, 0.4) is 0 Å². The van der Waals surface area contributed by atoms with E-state index in [9.17, 15) is 29.9 Å². The molecule has 1 aliphatic heterocycles. The first kappa shape index (κ1) is 28.9. The van der Waals surface area contributed by atoms with Gasteiger partial charge in [0.1, 0.15) is 28.6 Å². The van der Waals surface area contributed by atoms with Crippen LogP contribution < -0.4 is 15.4 Å². The van der Waals surface area contributed by atoms with Crippen LogP contribution in [0.25, 0.3) is 11.3 Å². The number of benzene rings is 2. The molecule has 0 unspecified atom stereocenters. The van der Waals surface area contributed by atoms with Gasteiger partial charge in [-0.1, -0.05) is 5.16 Å². The van der Waals surface area contributed by atoms with Crippen molar-refractivity contribution >= 4 is 17.5 Å². The third kappa shape index (κ3) is 6.79. The maximum atomic E-state index is 13.0. The fraction of sp³-hybridized carbons (Fsp3) is 0.414. The fourth-order valence-electron chi connectivity index (χ4n) is 5.72. The summed E-state index contributed by atoms with van der Waals surface area (Å²) >= 11 is 0. The number of carbonyl (C=O) groups excluding carboxylic acids is 2. The highest BCUT2D eigenvalue weighted by Crippen LogP contribution is 2.43. The number of rotatable bonds is 8. The lowest BCUT2D eigenvalue weighted by molar-refractivity contribution is -0.384. The van der Waals surface area contributed by atoms with Gasteiger partial charge in [0.15, 0.2) is 11.5 Å². The van der Waals surface area contributed by atoms with Crippen LogP contribution in [0.15, 0.2) is 47.0 Å². The zero-order chi connectivity index (χ0) is 29.8. The highest BCUT2D eigenvalue weighted by Gasteiger charge is 2.30. The van der Waals surface area contributed by atoms with Gasteiger partial charge in [0.2, 0.25) is 5.91 Å². The van der Waals surface area contributed by atoms with Crippen molar-refractivity contribution in [3.05, 3.63) is 58.3 Å². The molecule has 42 heavy (non-hydrogen) atoms. The van der Waals surface area contributed by atoms with Crippen LogP contribution in [0.1, 0.15) is 55.9 Å². The SMILES string of the molecule is CC(=O)N[C@H]1CC[C@H](N2CCC(NC(=O)c3cc(-c4c(O)cc(O)cc4Oc4ccc([N+](=O)[O-])cc4)on3)CC2)CC1. The minimum absolute atomic E-state index is 0.00272. The normalized spacial score (nSPS) is 19.6. The van der Waals surface area contributed by atoms with Crippen LogP contribution in [0, 0.1) is 10.1 Å². The highest BCUT2D eigenvalue weighted by molar-refractivity contribution is 5.93. The molecule has 0 spiro atoms. The van der Waals surface area contributed by atoms with Gasteiger partial charge >= 0.3 is 0 Å². The van der Waals surface area contributed by atoms with Gasteiger partial charge in [0.05, 0.1) is 4.92 Å². The Hall–Kier alpha value is -4.65. The Labute approximate surface area is 241 Å². The molecule has 2 fully saturated rings. The maximum Gasteiger partial charge on any atom is 0.273 e. The fourth-order valence-corrected chi connectivity index (χ4v) is 5.72. The van der Waals surface area contributed by atoms with Crippen LogP contribution in [0.5, 0.6) is 23.0 Å². The van der Waals surface area contributed by atoms with Gasteiger partial charge in [0, 0.05) is 68.5 Å². The number of piperidine rings is 1. The number of aromatic hydroxyl groups is 2. The first-order valence-electron chi connectivity index (χ1n) is 13.9. The number of likely N-dealkylation sites (tertiary alicyclic amines) is 1. The molecule has 2 aliphatic rings. The number of non-ortho nitro benzene ring substituents is 1. The third-order valence-corrected chi connectivity index (χ3v) is 7.82. The lowest BCUT2D eigenvalue weighted by Gasteiger charge is -2.41. The van der Waals surface area contributed by atoms with E-state index in [1.165, 1.54) is 36.4 Å². The van der Waals surface area contributed by atoms with Crippen molar-refractivity contribution in [2.45, 2.75) is 63.6 Å². The minimum Gasteiger partial charge on any atom is -0.508 e. The maximum absolute atomic E-state index is 13.0. The number of phenolic OH excluding ortho intramolecular Hbond substituents is 2. The molecular weight excluding hydrogens is 546 g/mol. The van der Waals surface area contributed by atoms with E-state index in [4.69, 9.17) is 9.26 Å². The molecule has 3 aromatic rings. The summed E-state index contributed by atoms with van der Waals surface area (Å²) in [5, 5.41) is 41.4. The number of nitrogens with one attached hydrogen (secondary N) is 2. The monoisotopic (exact) mass is 579 g/mol. The van der Waals surface area contributed by atoms with E-state index in [0.29, 0.717) is 6.04 Å². The van der Waals surface area contributed by atoms with Crippen molar-refractivity contribution in [1.82, 2.24) is 20.7 Å². The molecule has 0 atom stereocenters. The predicted octanol–water partition coefficient (Wildman–Crippen LogP) is 4.09. The summed E-state index contributed by atoms with van der Waals surface area (Å²) in [5.41, 5.74) is -0.0413. The summed E-state index contributed by atoms with van der Waals surface area (Å²) in [6, 6.07) is 9.74. The largest absolute Gasteiger partial charge is 0.508 e. The van der Waals surface area contributed by atoms with Crippen LogP contribution in [-0.2, 0) is 4.79 Å². The molecule has 5 rings (SSSR count). The number of carbonyl (C=O) groups is 2. The minimum atomic E-state index is -0.540. The Morgan fingerprint density at radius 2 is 1.67 bits per heavy atom. The van der Waals surface area contributed by atoms with Crippen molar-refractivity contribution in [3.63, 3.8) is 0 Å². The topological polar surface area (TPSA) is 180 Å². The average molecular weight is 580 g/mol. The molecular formula is C29H33N5O8. The summed E-state index contributed by atoms with van der Waals surface area (Å²) in [6.45, 7) is 3.29. The molecule has 222 valence electrons. The average Bonchev–Trinajstić information content (AvgIpc) is 3.43. The van der Waals surface area contributed by atoms with Gasteiger partial charge in [0.25, 0.3) is 11.6 Å². The van der Waals surface area contributed by atoms with Crippen LogP contribution in [0.2, 0.25) is 0 Å². The van der Waals surface area contributed by atoms with E-state index in [1.807, 2.05) is 0 Å². The molecule has 1 aromatic heterocycles. The van der Waals surface area contributed by atoms with Crippen molar-refractivity contribution in [2.24, 2.45) is 0 Å². The van der Waals surface area contributed by atoms with Crippen LogP contribution >= 0.6 is 0 Å². The number of hydrogen-bond acceptors (Lipinski definition) is 10. The summed E-state index contributed by atoms with van der Waals surface area (Å²) in [4.78, 5) is 37.2. The second-order valence-electron chi connectivity index (χ2n) is 10.8. The number of nitro groups is 1. The Balaban J connectivity index is 1.20. The van der Waals surface area contributed by atoms with Gasteiger partial charge in [-0.15, -0.1) is 0 Å². The Morgan fingerprint density at radius 1 is 1.00 bits per heavy atom. The number of ether oxygens (including phenoxy) is 1. The number of hydrogen-bond donors (Lipinski definition) is 4. The molecule has 2 heterocycles. The quantitative estimate of drug-likeness (QED) is 0.224. The smallest absolute Gasteiger partial charge is 0.273 e. The molecule has 0 radical (unpaired) electrons. The number of aromatic nitrogens is 1. The van der Waals surface area contributed by atoms with Crippen molar-refractivity contribution in [2.75, 3.05) is 13.1 Å². The number of amides is 2. The lowest BCUT2D eigenvalue weighted by Crippen LogP contribution is -2.50. The summed E-state index contributed by atoms with van der Waals surface area (Å²) in [5.74, 6) is -0.773. The van der Waals surface area contributed by atoms with Crippen molar-refractivity contribution in [1.29, 1.82) is 0 Å². The van der Waals surface area contributed by atoms with Gasteiger partial charge in [-0.2, -0.15) is 0 Å². The van der Waals surface area contributed by atoms with Gasteiger partial charge < -0.3 is 35.0 Å². The summed E-state index contributed by atoms with van der Waals surface area (Å²) in [7, 11) is 0. The second-order valence-corrected chi connectivity index (χ2v) is 10.8. The van der Waals surface area contributed by atoms with Crippen molar-refractivity contribution in [3.8, 4) is 34.3 Å². The van der Waals surface area contributed by atoms with Crippen LogP contribution in [-0.4, -0.2) is 68.2 Å². The van der Waals surface area contributed by atoms with E-state index in [0.717, 1.165) is 57.7 Å². The molecule has 1 saturated carbocycles. The van der Waals surface area contributed by atoms with E-state index in [-0.39, 0.29) is 63.7 Å². The molecule has 2 aromatic carbocycles. The predicted molar refractivity (Wildman–Crippen MR) is 150 cm³/mol. The zero-order valence-corrected chi connectivity index (χ0v) is 23.1. The van der Waals surface area contributed by atoms with E-state index in [2.05, 4.69) is 20.7 Å². The number of nitrogens with zero attached hydrogens (tertiary/aromatic N) is 3. The highest BCUT2D eigenvalue weighted by atomic mass is 16.6. The first-order chi connectivity index (χ1) is 20.2. The van der Waals surface area contributed by atoms with E-state index in [1.54, 1.807) is 6.92 Å². The molecule has 1 saturated heterocycles. The Morgan fingerprint density at radius 3 is 2.31 bits per heavy atom. The van der Waals surface area contributed by atoms with E-state index < -0.39 is 10.8 Å². The molecule has 2 amide bonds. The van der Waals surface area contributed by atoms with Crippen molar-refractivity contribution < 1.29 is 34.0 Å². The molecule has 13 heteroatoms. The number of nitro benzene ring substituents is 1. The third-order valence-electron chi connectivity index (χ3n) is 7.82.